The van der Waals surface area contributed by atoms with Crippen molar-refractivity contribution in [2.45, 2.75) is 13.0 Å². The predicted molar refractivity (Wildman–Crippen MR) is 84.3 cm³/mol. The van der Waals surface area contributed by atoms with E-state index in [-0.39, 0.29) is 30.2 Å². The van der Waals surface area contributed by atoms with E-state index in [4.69, 9.17) is 9.84 Å². The van der Waals surface area contributed by atoms with Crippen molar-refractivity contribution in [1.82, 2.24) is 9.80 Å². The molecule has 0 aliphatic carbocycles. The first-order chi connectivity index (χ1) is 11.9. The minimum absolute atomic E-state index is 0.0749. The number of hydrogen-bond acceptors (Lipinski definition) is 4. The van der Waals surface area contributed by atoms with Gasteiger partial charge in [-0.15, -0.1) is 0 Å². The van der Waals surface area contributed by atoms with Crippen molar-refractivity contribution in [3.63, 3.8) is 0 Å². The summed E-state index contributed by atoms with van der Waals surface area (Å²) in [5.74, 6) is -3.77. The Bertz CT molecular complexity index is 697. The summed E-state index contributed by atoms with van der Waals surface area (Å²) in [6, 6.07) is 2.27. The monoisotopic (exact) mass is 354 g/mol. The van der Waals surface area contributed by atoms with E-state index < -0.39 is 29.6 Å². The summed E-state index contributed by atoms with van der Waals surface area (Å²) in [5, 5.41) is 9.02. The molecule has 1 N–H and O–H groups in total. The highest BCUT2D eigenvalue weighted by molar-refractivity contribution is 5.95. The van der Waals surface area contributed by atoms with Crippen LogP contribution in [0, 0.1) is 24.5 Å². The van der Waals surface area contributed by atoms with Gasteiger partial charge in [-0.25, -0.2) is 8.78 Å². The number of hydrogen-bond donors (Lipinski definition) is 1. The average molecular weight is 354 g/mol. The van der Waals surface area contributed by atoms with E-state index in [1.807, 2.05) is 0 Å². The van der Waals surface area contributed by atoms with Crippen LogP contribution in [0.1, 0.15) is 15.9 Å². The summed E-state index contributed by atoms with van der Waals surface area (Å²) >= 11 is 0. The molecule has 25 heavy (non-hydrogen) atoms. The molecular formula is C17H20F2N2O4. The molecule has 3 rings (SSSR count). The van der Waals surface area contributed by atoms with Crippen LogP contribution in [-0.4, -0.2) is 72.2 Å². The zero-order chi connectivity index (χ0) is 18.1. The third kappa shape index (κ3) is 3.64. The Balaban J connectivity index is 1.88. The molecule has 0 radical (unpaired) electrons. The van der Waals surface area contributed by atoms with Crippen LogP contribution in [-0.2, 0) is 9.53 Å². The maximum Gasteiger partial charge on any atom is 0.317 e. The second-order valence-electron chi connectivity index (χ2n) is 6.66. The first kappa shape index (κ1) is 17.8. The fourth-order valence-corrected chi connectivity index (χ4v) is 3.48. The van der Waals surface area contributed by atoms with Crippen LogP contribution < -0.4 is 0 Å². The van der Waals surface area contributed by atoms with Gasteiger partial charge in [0.15, 0.2) is 11.6 Å². The van der Waals surface area contributed by atoms with Crippen molar-refractivity contribution in [2.24, 2.45) is 5.92 Å². The van der Waals surface area contributed by atoms with Gasteiger partial charge in [0.25, 0.3) is 5.91 Å². The summed E-state index contributed by atoms with van der Waals surface area (Å²) < 4.78 is 33.6. The lowest BCUT2D eigenvalue weighted by Gasteiger charge is -2.30. The molecule has 136 valence electrons. The minimum Gasteiger partial charge on any atom is -0.480 e. The Morgan fingerprint density at radius 3 is 2.68 bits per heavy atom. The van der Waals surface area contributed by atoms with Crippen LogP contribution in [0.15, 0.2) is 12.1 Å². The van der Waals surface area contributed by atoms with Gasteiger partial charge in [-0.1, -0.05) is 6.07 Å². The summed E-state index contributed by atoms with van der Waals surface area (Å²) in [4.78, 5) is 27.1. The number of nitrogens with zero attached hydrogens (tertiary/aromatic N) is 2. The third-order valence-electron chi connectivity index (χ3n) is 4.67. The number of ether oxygens (including phenoxy) is 1. The van der Waals surface area contributed by atoms with Crippen LogP contribution in [0.25, 0.3) is 0 Å². The third-order valence-corrected chi connectivity index (χ3v) is 4.67. The first-order valence-electron chi connectivity index (χ1n) is 8.14. The number of halogens is 2. The normalized spacial score (nSPS) is 24.0. The number of carboxylic acids is 1. The lowest BCUT2D eigenvalue weighted by atomic mass is 10.1. The minimum atomic E-state index is -1.15. The Hall–Kier alpha value is -2.06. The summed E-state index contributed by atoms with van der Waals surface area (Å²) in [6.07, 6.45) is 0. The van der Waals surface area contributed by atoms with Crippen molar-refractivity contribution in [2.75, 3.05) is 39.4 Å². The average Bonchev–Trinajstić information content (AvgIpc) is 2.82. The van der Waals surface area contributed by atoms with Crippen LogP contribution in [0.5, 0.6) is 0 Å². The molecular weight excluding hydrogens is 334 g/mol. The van der Waals surface area contributed by atoms with Crippen molar-refractivity contribution < 1.29 is 28.2 Å². The largest absolute Gasteiger partial charge is 0.480 e. The van der Waals surface area contributed by atoms with Crippen molar-refractivity contribution in [1.29, 1.82) is 0 Å². The number of benzene rings is 1. The summed E-state index contributed by atoms with van der Waals surface area (Å²) in [6.45, 7) is 3.09. The Labute approximate surface area is 144 Å². The van der Waals surface area contributed by atoms with Crippen molar-refractivity contribution >= 4 is 11.9 Å². The van der Waals surface area contributed by atoms with E-state index in [0.717, 1.165) is 0 Å². The van der Waals surface area contributed by atoms with Crippen molar-refractivity contribution in [3.8, 4) is 0 Å². The van der Waals surface area contributed by atoms with Gasteiger partial charge in [0.1, 0.15) is 0 Å². The quantitative estimate of drug-likeness (QED) is 0.881. The smallest absolute Gasteiger partial charge is 0.317 e. The fraction of sp³-hybridized carbons (Fsp3) is 0.529. The number of carbonyl (C=O) groups excluding carboxylic acids is 1. The number of amides is 1. The first-order valence-corrected chi connectivity index (χ1v) is 8.14. The molecule has 8 heteroatoms. The van der Waals surface area contributed by atoms with Crippen LogP contribution in [0.2, 0.25) is 0 Å². The molecule has 1 amide bonds. The molecule has 2 aliphatic heterocycles. The standard InChI is InChI=1S/C17H20F2N2O4/c1-10-2-3-13(16(19)15(10)18)17(24)21-5-11-4-20(7-14(22)23)6-12(21)9-25-8-11/h2-3,11-12H,4-9H2,1H3,(H,22,23)/t11-,12-/m0/s1. The van der Waals surface area contributed by atoms with E-state index in [2.05, 4.69) is 0 Å². The molecule has 2 bridgehead atoms. The van der Waals surface area contributed by atoms with Crippen LogP contribution >= 0.6 is 0 Å². The number of carboxylic acid groups (broad SMARTS) is 1. The van der Waals surface area contributed by atoms with E-state index in [1.165, 1.54) is 24.0 Å². The topological polar surface area (TPSA) is 70.1 Å². The maximum absolute atomic E-state index is 14.2. The molecule has 1 aromatic rings. The molecule has 1 aromatic carbocycles. The number of rotatable bonds is 3. The number of aryl methyl sites for hydroxylation is 1. The predicted octanol–water partition coefficient (Wildman–Crippen LogP) is 1.13. The number of aliphatic carboxylic acids is 1. The molecule has 2 heterocycles. The second kappa shape index (κ2) is 7.05. The number of carbonyl (C=O) groups is 2. The fourth-order valence-electron chi connectivity index (χ4n) is 3.48. The Morgan fingerprint density at radius 1 is 1.20 bits per heavy atom. The molecule has 0 aromatic heterocycles. The zero-order valence-corrected chi connectivity index (χ0v) is 13.9. The van der Waals surface area contributed by atoms with Gasteiger partial charge < -0.3 is 14.7 Å². The molecule has 2 aliphatic rings. The van der Waals surface area contributed by atoms with Crippen LogP contribution in [0.3, 0.4) is 0 Å². The molecule has 0 unspecified atom stereocenters. The van der Waals surface area contributed by atoms with Gasteiger partial charge in [0, 0.05) is 25.6 Å². The van der Waals surface area contributed by atoms with Crippen molar-refractivity contribution in [3.05, 3.63) is 34.9 Å². The van der Waals surface area contributed by atoms with Gasteiger partial charge in [-0.3, -0.25) is 14.5 Å². The lowest BCUT2D eigenvalue weighted by Crippen LogP contribution is -2.47. The maximum atomic E-state index is 14.2. The summed E-state index contributed by atoms with van der Waals surface area (Å²) in [5.41, 5.74) is -0.167. The van der Waals surface area contributed by atoms with Gasteiger partial charge in [-0.2, -0.15) is 0 Å². The summed E-state index contributed by atoms with van der Waals surface area (Å²) in [7, 11) is 0. The molecule has 2 fully saturated rings. The molecule has 2 atom stereocenters. The van der Waals surface area contributed by atoms with Crippen LogP contribution in [0.4, 0.5) is 8.78 Å². The highest BCUT2D eigenvalue weighted by Crippen LogP contribution is 2.24. The van der Waals surface area contributed by atoms with E-state index in [1.54, 1.807) is 4.90 Å². The van der Waals surface area contributed by atoms with Gasteiger partial charge in [0.05, 0.1) is 31.4 Å². The molecule has 0 spiro atoms. The molecule has 2 saturated heterocycles. The number of fused-ring (bicyclic) bond motifs is 3. The highest BCUT2D eigenvalue weighted by atomic mass is 19.2. The zero-order valence-electron chi connectivity index (χ0n) is 13.9. The van der Waals surface area contributed by atoms with E-state index >= 15 is 0 Å². The molecule has 6 nitrogen and oxygen atoms in total. The Kier molecular flexibility index (Phi) is 5.01. The van der Waals surface area contributed by atoms with Gasteiger partial charge >= 0.3 is 5.97 Å². The lowest BCUT2D eigenvalue weighted by molar-refractivity contribution is -0.138. The second-order valence-corrected chi connectivity index (χ2v) is 6.66. The van der Waals surface area contributed by atoms with E-state index in [0.29, 0.717) is 26.2 Å². The Morgan fingerprint density at radius 2 is 1.96 bits per heavy atom. The molecule has 0 saturated carbocycles. The SMILES string of the molecule is Cc1ccc(C(=O)N2C[C@H]3COC[C@@H]2CN(CC(=O)O)C3)c(F)c1F. The van der Waals surface area contributed by atoms with E-state index in [9.17, 15) is 18.4 Å². The highest BCUT2D eigenvalue weighted by Gasteiger charge is 2.37. The van der Waals surface area contributed by atoms with Gasteiger partial charge in [0.2, 0.25) is 0 Å². The van der Waals surface area contributed by atoms with Gasteiger partial charge in [-0.05, 0) is 18.6 Å².